The lowest BCUT2D eigenvalue weighted by Crippen LogP contribution is -2.03. The van der Waals surface area contributed by atoms with Gasteiger partial charge in [0.25, 0.3) is 0 Å². The molecule has 0 fully saturated rings. The summed E-state index contributed by atoms with van der Waals surface area (Å²) in [5.41, 5.74) is 8.88. The predicted octanol–water partition coefficient (Wildman–Crippen LogP) is 3.69. The smallest absolute Gasteiger partial charge is 0.124 e. The monoisotopic (exact) mass is 261 g/mol. The van der Waals surface area contributed by atoms with Gasteiger partial charge in [0.05, 0.1) is 0 Å². The highest BCUT2D eigenvalue weighted by atomic mass is 35.5. The van der Waals surface area contributed by atoms with Gasteiger partial charge in [-0.2, -0.15) is 0 Å². The molecule has 0 atom stereocenters. The normalized spacial score (nSPS) is 10.4. The number of nitrogens with two attached hydrogens (primary N) is 1. The molecule has 3 heteroatoms. The zero-order chi connectivity index (χ0) is 13.0. The van der Waals surface area contributed by atoms with E-state index >= 15 is 0 Å². The molecule has 2 aromatic carbocycles. The van der Waals surface area contributed by atoms with Crippen molar-refractivity contribution in [3.05, 3.63) is 64.2 Å². The minimum atomic E-state index is 0.454. The molecule has 0 bridgehead atoms. The summed E-state index contributed by atoms with van der Waals surface area (Å²) in [6.07, 6.45) is 0. The van der Waals surface area contributed by atoms with Crippen molar-refractivity contribution in [3.63, 3.8) is 0 Å². The average molecular weight is 262 g/mol. The quantitative estimate of drug-likeness (QED) is 0.911. The molecule has 0 heterocycles. The van der Waals surface area contributed by atoms with Crippen LogP contribution in [0.5, 0.6) is 5.75 Å². The Hall–Kier alpha value is -1.51. The van der Waals surface area contributed by atoms with Gasteiger partial charge in [-0.3, -0.25) is 0 Å². The van der Waals surface area contributed by atoms with Gasteiger partial charge in [-0.1, -0.05) is 47.5 Å². The molecule has 0 aromatic heterocycles. The highest BCUT2D eigenvalue weighted by molar-refractivity contribution is 6.31. The molecule has 2 nitrogen and oxygen atoms in total. The number of ether oxygens (including phenoxy) is 1. The molecule has 0 saturated carbocycles. The van der Waals surface area contributed by atoms with E-state index < -0.39 is 0 Å². The molecule has 0 saturated heterocycles. The lowest BCUT2D eigenvalue weighted by atomic mass is 10.1. The van der Waals surface area contributed by atoms with E-state index in [4.69, 9.17) is 22.1 Å². The number of benzene rings is 2. The van der Waals surface area contributed by atoms with Crippen molar-refractivity contribution in [3.8, 4) is 5.75 Å². The van der Waals surface area contributed by atoms with Crippen LogP contribution in [0.25, 0.3) is 0 Å². The molecule has 18 heavy (non-hydrogen) atoms. The molecule has 0 aliphatic heterocycles. The molecule has 0 spiro atoms. The molecule has 2 N–H and O–H groups in total. The van der Waals surface area contributed by atoms with E-state index in [9.17, 15) is 0 Å². The van der Waals surface area contributed by atoms with Gasteiger partial charge in [-0.15, -0.1) is 0 Å². The van der Waals surface area contributed by atoms with Crippen LogP contribution >= 0.6 is 11.6 Å². The molecule has 0 aliphatic rings. The van der Waals surface area contributed by atoms with Crippen molar-refractivity contribution >= 4 is 11.6 Å². The Morgan fingerprint density at radius 3 is 2.61 bits per heavy atom. The minimum Gasteiger partial charge on any atom is -0.489 e. The molecule has 2 rings (SSSR count). The van der Waals surface area contributed by atoms with Crippen molar-refractivity contribution in [2.24, 2.45) is 5.73 Å². The van der Waals surface area contributed by atoms with E-state index in [0.29, 0.717) is 13.2 Å². The van der Waals surface area contributed by atoms with Gasteiger partial charge in [-0.25, -0.2) is 0 Å². The van der Waals surface area contributed by atoms with E-state index in [-0.39, 0.29) is 0 Å². The van der Waals surface area contributed by atoms with Crippen LogP contribution < -0.4 is 10.5 Å². The maximum Gasteiger partial charge on any atom is 0.124 e. The first-order chi connectivity index (χ1) is 8.70. The van der Waals surface area contributed by atoms with Crippen molar-refractivity contribution in [1.82, 2.24) is 0 Å². The first kappa shape index (κ1) is 12.9. The highest BCUT2D eigenvalue weighted by Crippen LogP contribution is 2.22. The fourth-order valence-corrected chi connectivity index (χ4v) is 1.97. The molecule has 2 aromatic rings. The number of rotatable bonds is 4. The third-order valence-corrected chi connectivity index (χ3v) is 3.15. The highest BCUT2D eigenvalue weighted by Gasteiger charge is 2.04. The van der Waals surface area contributed by atoms with Gasteiger partial charge in [0, 0.05) is 22.7 Å². The van der Waals surface area contributed by atoms with E-state index in [2.05, 4.69) is 0 Å². The molecule has 94 valence electrons. The van der Waals surface area contributed by atoms with Crippen molar-refractivity contribution in [2.75, 3.05) is 0 Å². The van der Waals surface area contributed by atoms with E-state index in [0.717, 1.165) is 21.9 Å². The lowest BCUT2D eigenvalue weighted by molar-refractivity contribution is 0.303. The summed E-state index contributed by atoms with van der Waals surface area (Å²) in [4.78, 5) is 0. The lowest BCUT2D eigenvalue weighted by Gasteiger charge is -2.12. The van der Waals surface area contributed by atoms with Gasteiger partial charge in [0.2, 0.25) is 0 Å². The van der Waals surface area contributed by atoms with Crippen molar-refractivity contribution in [1.29, 1.82) is 0 Å². The summed E-state index contributed by atoms with van der Waals surface area (Å²) in [6.45, 7) is 2.96. The molecule has 0 aliphatic carbocycles. The Balaban J connectivity index is 2.13. The molecule has 0 amide bonds. The van der Waals surface area contributed by atoms with Crippen LogP contribution in [-0.4, -0.2) is 0 Å². The fraction of sp³-hybridized carbons (Fsp3) is 0.200. The second kappa shape index (κ2) is 5.89. The Kier molecular flexibility index (Phi) is 4.24. The first-order valence-electron chi connectivity index (χ1n) is 5.86. The summed E-state index contributed by atoms with van der Waals surface area (Å²) in [7, 11) is 0. The zero-order valence-electron chi connectivity index (χ0n) is 10.3. The summed E-state index contributed by atoms with van der Waals surface area (Å²) >= 11 is 6.08. The van der Waals surface area contributed by atoms with Gasteiger partial charge in [0.1, 0.15) is 12.4 Å². The minimum absolute atomic E-state index is 0.454. The van der Waals surface area contributed by atoms with Crippen molar-refractivity contribution < 1.29 is 4.74 Å². The van der Waals surface area contributed by atoms with Crippen LogP contribution in [0.2, 0.25) is 5.02 Å². The third-order valence-electron chi connectivity index (χ3n) is 2.78. The third kappa shape index (κ3) is 3.03. The number of hydrogen-bond acceptors (Lipinski definition) is 2. The van der Waals surface area contributed by atoms with E-state index in [1.165, 1.54) is 5.56 Å². The summed E-state index contributed by atoms with van der Waals surface area (Å²) in [5, 5.41) is 0.721. The maximum atomic E-state index is 6.08. The van der Waals surface area contributed by atoms with Crippen LogP contribution in [0, 0.1) is 6.92 Å². The Bertz CT molecular complexity index is 540. The van der Waals surface area contributed by atoms with E-state index in [1.807, 2.05) is 49.4 Å². The Morgan fingerprint density at radius 1 is 1.11 bits per heavy atom. The maximum absolute atomic E-state index is 6.08. The number of hydrogen-bond donors (Lipinski definition) is 1. The fourth-order valence-electron chi connectivity index (χ4n) is 1.78. The standard InChI is InChI=1S/C15H16ClNO/c1-11-6-7-15(13(8-11)9-17)18-10-12-4-2-3-5-14(12)16/h2-8H,9-10,17H2,1H3. The zero-order valence-corrected chi connectivity index (χ0v) is 11.1. The topological polar surface area (TPSA) is 35.2 Å². The van der Waals surface area contributed by atoms with Crippen LogP contribution in [-0.2, 0) is 13.2 Å². The summed E-state index contributed by atoms with van der Waals surface area (Å²) < 4.78 is 5.79. The number of halogens is 1. The molecular weight excluding hydrogens is 246 g/mol. The Morgan fingerprint density at radius 2 is 1.89 bits per heavy atom. The second-order valence-corrected chi connectivity index (χ2v) is 4.60. The van der Waals surface area contributed by atoms with Gasteiger partial charge < -0.3 is 10.5 Å². The van der Waals surface area contributed by atoms with Crippen LogP contribution in [0.1, 0.15) is 16.7 Å². The van der Waals surface area contributed by atoms with Crippen LogP contribution in [0.15, 0.2) is 42.5 Å². The predicted molar refractivity (Wildman–Crippen MR) is 74.9 cm³/mol. The van der Waals surface area contributed by atoms with Gasteiger partial charge >= 0.3 is 0 Å². The van der Waals surface area contributed by atoms with E-state index in [1.54, 1.807) is 0 Å². The summed E-state index contributed by atoms with van der Waals surface area (Å²) in [5.74, 6) is 0.822. The Labute approximate surface area is 112 Å². The van der Waals surface area contributed by atoms with Gasteiger partial charge in [-0.05, 0) is 19.1 Å². The molecule has 0 unspecified atom stereocenters. The second-order valence-electron chi connectivity index (χ2n) is 4.20. The van der Waals surface area contributed by atoms with Crippen molar-refractivity contribution in [2.45, 2.75) is 20.1 Å². The average Bonchev–Trinajstić information content (AvgIpc) is 2.39. The van der Waals surface area contributed by atoms with Crippen LogP contribution in [0.4, 0.5) is 0 Å². The summed E-state index contributed by atoms with van der Waals surface area (Å²) in [6, 6.07) is 13.7. The SMILES string of the molecule is Cc1ccc(OCc2ccccc2Cl)c(CN)c1. The van der Waals surface area contributed by atoms with Gasteiger partial charge in [0.15, 0.2) is 0 Å². The largest absolute Gasteiger partial charge is 0.489 e. The molecular formula is C15H16ClNO. The number of aryl methyl sites for hydroxylation is 1. The molecule has 0 radical (unpaired) electrons. The first-order valence-corrected chi connectivity index (χ1v) is 6.24. The van der Waals surface area contributed by atoms with Crippen LogP contribution in [0.3, 0.4) is 0 Å².